The van der Waals surface area contributed by atoms with Crippen LogP contribution in [0.4, 0.5) is 5.13 Å². The third-order valence-electron chi connectivity index (χ3n) is 4.37. The minimum atomic E-state index is -3.32. The Morgan fingerprint density at radius 2 is 1.86 bits per heavy atom. The average molecular weight is 418 g/mol. The van der Waals surface area contributed by atoms with Crippen LogP contribution in [0.25, 0.3) is 10.2 Å². The van der Waals surface area contributed by atoms with E-state index in [0.717, 1.165) is 15.8 Å². The molecule has 9 heteroatoms. The zero-order valence-corrected chi connectivity index (χ0v) is 16.9. The minimum absolute atomic E-state index is 0.126. The van der Waals surface area contributed by atoms with Gasteiger partial charge in [0.1, 0.15) is 0 Å². The summed E-state index contributed by atoms with van der Waals surface area (Å²) in [5, 5.41) is 2.79. The molecule has 28 heavy (non-hydrogen) atoms. The SMILES string of the molecule is CC(C)S(=O)(=O)c1ccc(CC(=O)Nc2nc3cc4c(cc3s2)OCO4)cc1. The van der Waals surface area contributed by atoms with Gasteiger partial charge in [-0.2, -0.15) is 0 Å². The summed E-state index contributed by atoms with van der Waals surface area (Å²) < 4.78 is 35.9. The van der Waals surface area contributed by atoms with E-state index in [1.807, 2.05) is 6.07 Å². The summed E-state index contributed by atoms with van der Waals surface area (Å²) in [6, 6.07) is 10.0. The smallest absolute Gasteiger partial charge is 0.231 e. The number of amides is 1. The van der Waals surface area contributed by atoms with E-state index in [9.17, 15) is 13.2 Å². The topological polar surface area (TPSA) is 94.6 Å². The lowest BCUT2D eigenvalue weighted by atomic mass is 10.1. The number of fused-ring (bicyclic) bond motifs is 2. The second-order valence-electron chi connectivity index (χ2n) is 6.65. The van der Waals surface area contributed by atoms with Gasteiger partial charge >= 0.3 is 0 Å². The molecular weight excluding hydrogens is 400 g/mol. The van der Waals surface area contributed by atoms with Crippen molar-refractivity contribution in [3.63, 3.8) is 0 Å². The first kappa shape index (κ1) is 18.7. The lowest BCUT2D eigenvalue weighted by Gasteiger charge is -2.08. The molecule has 0 aliphatic carbocycles. The number of hydrogen-bond donors (Lipinski definition) is 1. The van der Waals surface area contributed by atoms with Crippen molar-refractivity contribution in [1.82, 2.24) is 4.98 Å². The summed E-state index contributed by atoms with van der Waals surface area (Å²) in [6.45, 7) is 3.48. The van der Waals surface area contributed by atoms with Gasteiger partial charge in [-0.05, 0) is 31.5 Å². The van der Waals surface area contributed by atoms with Gasteiger partial charge in [-0.25, -0.2) is 13.4 Å². The Labute approximate surface area is 166 Å². The molecule has 0 saturated heterocycles. The summed E-state index contributed by atoms with van der Waals surface area (Å²) >= 11 is 1.35. The van der Waals surface area contributed by atoms with E-state index in [1.54, 1.807) is 32.0 Å². The van der Waals surface area contributed by atoms with Crippen LogP contribution in [0.5, 0.6) is 11.5 Å². The molecule has 7 nitrogen and oxygen atoms in total. The molecule has 1 N–H and O–H groups in total. The first-order valence-corrected chi connectivity index (χ1v) is 11.0. The minimum Gasteiger partial charge on any atom is -0.454 e. The molecule has 0 fully saturated rings. The van der Waals surface area contributed by atoms with Crippen LogP contribution >= 0.6 is 11.3 Å². The van der Waals surface area contributed by atoms with Crippen molar-refractivity contribution in [1.29, 1.82) is 0 Å². The molecule has 0 radical (unpaired) electrons. The Hall–Kier alpha value is -2.65. The maximum absolute atomic E-state index is 12.3. The maximum atomic E-state index is 12.3. The van der Waals surface area contributed by atoms with Gasteiger partial charge in [-0.15, -0.1) is 0 Å². The number of benzene rings is 2. The second kappa shape index (κ2) is 7.06. The molecule has 1 amide bonds. The number of anilines is 1. The van der Waals surface area contributed by atoms with E-state index in [-0.39, 0.29) is 24.0 Å². The van der Waals surface area contributed by atoms with Gasteiger partial charge in [-0.3, -0.25) is 4.79 Å². The number of carbonyl (C=O) groups is 1. The number of ether oxygens (including phenoxy) is 2. The van der Waals surface area contributed by atoms with Crippen molar-refractivity contribution in [3.8, 4) is 11.5 Å². The monoisotopic (exact) mass is 418 g/mol. The summed E-state index contributed by atoms with van der Waals surface area (Å²) in [5.41, 5.74) is 1.45. The van der Waals surface area contributed by atoms with Crippen LogP contribution in [0.2, 0.25) is 0 Å². The Morgan fingerprint density at radius 1 is 1.18 bits per heavy atom. The van der Waals surface area contributed by atoms with Gasteiger partial charge in [0.2, 0.25) is 12.7 Å². The van der Waals surface area contributed by atoms with Gasteiger partial charge in [-0.1, -0.05) is 23.5 Å². The van der Waals surface area contributed by atoms with E-state index in [1.165, 1.54) is 23.5 Å². The van der Waals surface area contributed by atoms with E-state index >= 15 is 0 Å². The molecule has 0 unspecified atom stereocenters. The molecule has 2 heterocycles. The number of nitrogens with zero attached hydrogens (tertiary/aromatic N) is 1. The molecule has 1 aromatic heterocycles. The Balaban J connectivity index is 1.45. The van der Waals surface area contributed by atoms with Crippen LogP contribution in [0.3, 0.4) is 0 Å². The van der Waals surface area contributed by atoms with Gasteiger partial charge in [0.05, 0.1) is 26.8 Å². The first-order valence-electron chi connectivity index (χ1n) is 8.66. The zero-order chi connectivity index (χ0) is 19.9. The van der Waals surface area contributed by atoms with Crippen molar-refractivity contribution in [3.05, 3.63) is 42.0 Å². The normalized spacial score (nSPS) is 13.2. The zero-order valence-electron chi connectivity index (χ0n) is 15.3. The number of rotatable bonds is 5. The van der Waals surface area contributed by atoms with Crippen LogP contribution in [0, 0.1) is 0 Å². The lowest BCUT2D eigenvalue weighted by Crippen LogP contribution is -2.15. The van der Waals surface area contributed by atoms with Crippen molar-refractivity contribution in [2.24, 2.45) is 0 Å². The fraction of sp³-hybridized carbons (Fsp3) is 0.263. The summed E-state index contributed by atoms with van der Waals surface area (Å²) in [5.74, 6) is 1.09. The van der Waals surface area contributed by atoms with Gasteiger partial charge < -0.3 is 14.8 Å². The third-order valence-corrected chi connectivity index (χ3v) is 7.47. The predicted molar refractivity (Wildman–Crippen MR) is 107 cm³/mol. The number of aromatic nitrogens is 1. The van der Waals surface area contributed by atoms with Gasteiger partial charge in [0.15, 0.2) is 26.5 Å². The molecule has 3 aromatic rings. The maximum Gasteiger partial charge on any atom is 0.231 e. The van der Waals surface area contributed by atoms with E-state index in [0.29, 0.717) is 16.6 Å². The molecule has 0 saturated carbocycles. The Morgan fingerprint density at radius 3 is 2.54 bits per heavy atom. The highest BCUT2D eigenvalue weighted by Crippen LogP contribution is 2.38. The van der Waals surface area contributed by atoms with Crippen LogP contribution in [0.1, 0.15) is 19.4 Å². The Kier molecular flexibility index (Phi) is 4.72. The predicted octanol–water partition coefficient (Wildman–Crippen LogP) is 3.39. The molecule has 146 valence electrons. The highest BCUT2D eigenvalue weighted by atomic mass is 32.2. The van der Waals surface area contributed by atoms with Crippen LogP contribution < -0.4 is 14.8 Å². The Bertz CT molecular complexity index is 1110. The van der Waals surface area contributed by atoms with E-state index < -0.39 is 15.1 Å². The second-order valence-corrected chi connectivity index (χ2v) is 10.2. The van der Waals surface area contributed by atoms with Crippen molar-refractivity contribution < 1.29 is 22.7 Å². The number of carbonyl (C=O) groups excluding carboxylic acids is 1. The first-order chi connectivity index (χ1) is 13.3. The number of thiazole rings is 1. The van der Waals surface area contributed by atoms with Gasteiger partial charge in [0.25, 0.3) is 0 Å². The van der Waals surface area contributed by atoms with Gasteiger partial charge in [0, 0.05) is 12.1 Å². The van der Waals surface area contributed by atoms with Crippen LogP contribution in [-0.4, -0.2) is 31.4 Å². The molecule has 0 atom stereocenters. The molecule has 0 bridgehead atoms. The molecule has 0 spiro atoms. The van der Waals surface area contributed by atoms with Crippen LogP contribution in [0.15, 0.2) is 41.3 Å². The van der Waals surface area contributed by atoms with Crippen LogP contribution in [-0.2, 0) is 21.1 Å². The van der Waals surface area contributed by atoms with E-state index in [4.69, 9.17) is 9.47 Å². The number of hydrogen-bond acceptors (Lipinski definition) is 7. The highest BCUT2D eigenvalue weighted by Gasteiger charge is 2.19. The summed E-state index contributed by atoms with van der Waals surface area (Å²) in [6.07, 6.45) is 0.126. The molecule has 1 aliphatic heterocycles. The molecule has 1 aliphatic rings. The van der Waals surface area contributed by atoms with Crippen molar-refractivity contribution in [2.45, 2.75) is 30.4 Å². The van der Waals surface area contributed by atoms with E-state index in [2.05, 4.69) is 10.3 Å². The van der Waals surface area contributed by atoms with Crippen molar-refractivity contribution >= 4 is 42.4 Å². The largest absolute Gasteiger partial charge is 0.454 e. The molecule has 4 rings (SSSR count). The average Bonchev–Trinajstić information content (AvgIpc) is 3.24. The molecular formula is C19H18N2O5S2. The highest BCUT2D eigenvalue weighted by molar-refractivity contribution is 7.92. The fourth-order valence-electron chi connectivity index (χ4n) is 2.79. The fourth-order valence-corrected chi connectivity index (χ4v) is 4.74. The third kappa shape index (κ3) is 3.55. The van der Waals surface area contributed by atoms with Crippen molar-refractivity contribution in [2.75, 3.05) is 12.1 Å². The molecule has 2 aromatic carbocycles. The lowest BCUT2D eigenvalue weighted by molar-refractivity contribution is -0.115. The standard InChI is InChI=1S/C19H18N2O5S2/c1-11(2)28(23,24)13-5-3-12(4-6-13)7-18(22)21-19-20-14-8-15-16(26-10-25-15)9-17(14)27-19/h3-6,8-9,11H,7,10H2,1-2H3,(H,20,21,22). The number of sulfone groups is 1. The summed E-state index contributed by atoms with van der Waals surface area (Å²) in [7, 11) is -3.32. The number of nitrogens with one attached hydrogen (secondary N) is 1. The summed E-state index contributed by atoms with van der Waals surface area (Å²) in [4.78, 5) is 17.0. The quantitative estimate of drug-likeness (QED) is 0.683.